The van der Waals surface area contributed by atoms with Gasteiger partial charge in [0.05, 0.1) is 19.8 Å². The zero-order valence-corrected chi connectivity index (χ0v) is 14.6. The highest BCUT2D eigenvalue weighted by Crippen LogP contribution is 2.11. The molecule has 1 aromatic carbocycles. The van der Waals surface area contributed by atoms with Crippen molar-refractivity contribution in [1.82, 2.24) is 9.47 Å². The van der Waals surface area contributed by atoms with Gasteiger partial charge >= 0.3 is 0 Å². The number of rotatable bonds is 7. The summed E-state index contributed by atoms with van der Waals surface area (Å²) in [7, 11) is 0. The van der Waals surface area contributed by atoms with E-state index in [1.807, 2.05) is 43.3 Å². The van der Waals surface area contributed by atoms with Gasteiger partial charge in [-0.3, -0.25) is 9.59 Å². The minimum atomic E-state index is -0.465. The molecule has 0 fully saturated rings. The average Bonchev–Trinajstić information content (AvgIpc) is 2.59. The minimum Gasteiger partial charge on any atom is -0.395 e. The molecule has 0 unspecified atom stereocenters. The average molecular weight is 344 g/mol. The number of nitrogens with zero attached hydrogens (tertiary/aromatic N) is 2. The predicted molar refractivity (Wildman–Crippen MR) is 95.8 cm³/mol. The van der Waals surface area contributed by atoms with Crippen molar-refractivity contribution in [2.75, 3.05) is 26.3 Å². The van der Waals surface area contributed by atoms with Crippen LogP contribution in [0.25, 0.3) is 0 Å². The molecular weight excluding hydrogens is 320 g/mol. The number of amides is 1. The molecule has 0 aliphatic carbocycles. The summed E-state index contributed by atoms with van der Waals surface area (Å²) in [5.74, 6) is -0.465. The summed E-state index contributed by atoms with van der Waals surface area (Å²) in [4.78, 5) is 27.0. The van der Waals surface area contributed by atoms with Crippen molar-refractivity contribution in [2.24, 2.45) is 0 Å². The van der Waals surface area contributed by atoms with Crippen molar-refractivity contribution < 1.29 is 15.0 Å². The van der Waals surface area contributed by atoms with Crippen molar-refractivity contribution in [3.63, 3.8) is 0 Å². The number of hydrogen-bond donors (Lipinski definition) is 2. The molecule has 0 atom stereocenters. The van der Waals surface area contributed by atoms with Crippen LogP contribution in [-0.4, -0.2) is 51.9 Å². The minimum absolute atomic E-state index is 0.0742. The topological polar surface area (TPSA) is 82.8 Å². The third-order valence-corrected chi connectivity index (χ3v) is 4.13. The van der Waals surface area contributed by atoms with Crippen LogP contribution in [0.3, 0.4) is 0 Å². The number of carbonyl (C=O) groups excluding carboxylic acids is 1. The maximum absolute atomic E-state index is 13.0. The van der Waals surface area contributed by atoms with Crippen LogP contribution in [0, 0.1) is 13.8 Å². The molecular formula is C19H24N2O4. The van der Waals surface area contributed by atoms with Crippen LogP contribution in [0.1, 0.15) is 27.2 Å². The van der Waals surface area contributed by atoms with Gasteiger partial charge in [0.1, 0.15) is 5.56 Å². The first-order valence-electron chi connectivity index (χ1n) is 8.25. The Morgan fingerprint density at radius 1 is 1.08 bits per heavy atom. The number of pyridine rings is 1. The molecule has 0 spiro atoms. The molecule has 1 heterocycles. The molecule has 6 heteroatoms. The molecule has 2 rings (SSSR count). The van der Waals surface area contributed by atoms with Gasteiger partial charge in [-0.15, -0.1) is 0 Å². The number of aliphatic hydroxyl groups is 2. The quantitative estimate of drug-likeness (QED) is 0.783. The lowest BCUT2D eigenvalue weighted by molar-refractivity contribution is 0.0681. The summed E-state index contributed by atoms with van der Waals surface area (Å²) >= 11 is 0. The number of carbonyl (C=O) groups is 1. The van der Waals surface area contributed by atoms with Crippen LogP contribution in [0.2, 0.25) is 0 Å². The Kier molecular flexibility index (Phi) is 6.50. The standard InChI is InChI=1S/C19H24N2O4/c1-14-12-15(2)21(13-16-6-4-3-5-7-16)19(25)17(14)18(24)20(8-10-22)9-11-23/h3-7,12,22-23H,8-11,13H2,1-2H3. The molecule has 0 saturated carbocycles. The number of hydrogen-bond acceptors (Lipinski definition) is 4. The Hall–Kier alpha value is -2.44. The highest BCUT2D eigenvalue weighted by Gasteiger charge is 2.22. The normalized spacial score (nSPS) is 10.7. The Balaban J connectivity index is 2.46. The first-order valence-corrected chi connectivity index (χ1v) is 8.25. The molecule has 0 aliphatic heterocycles. The highest BCUT2D eigenvalue weighted by atomic mass is 16.3. The van der Waals surface area contributed by atoms with Crippen molar-refractivity contribution in [1.29, 1.82) is 0 Å². The Labute approximate surface area is 147 Å². The number of aryl methyl sites for hydroxylation is 2. The summed E-state index contributed by atoms with van der Waals surface area (Å²) in [5, 5.41) is 18.3. The van der Waals surface area contributed by atoms with Crippen molar-refractivity contribution in [3.05, 3.63) is 69.1 Å². The third kappa shape index (κ3) is 4.35. The fraction of sp³-hybridized carbons (Fsp3) is 0.368. The fourth-order valence-electron chi connectivity index (χ4n) is 2.86. The Morgan fingerprint density at radius 3 is 2.24 bits per heavy atom. The van der Waals surface area contributed by atoms with Crippen LogP contribution >= 0.6 is 0 Å². The van der Waals surface area contributed by atoms with Gasteiger partial charge in [0.25, 0.3) is 11.5 Å². The van der Waals surface area contributed by atoms with Crippen LogP contribution < -0.4 is 5.56 Å². The smallest absolute Gasteiger partial charge is 0.264 e. The van der Waals surface area contributed by atoms with E-state index >= 15 is 0 Å². The maximum atomic E-state index is 13.0. The molecule has 2 aromatic rings. The molecule has 0 bridgehead atoms. The SMILES string of the molecule is Cc1cc(C)n(Cc2ccccc2)c(=O)c1C(=O)N(CCO)CCO. The lowest BCUT2D eigenvalue weighted by atomic mass is 10.1. The molecule has 2 N–H and O–H groups in total. The first-order chi connectivity index (χ1) is 12.0. The predicted octanol–water partition coefficient (Wildman–Crippen LogP) is 0.940. The first kappa shape index (κ1) is 18.9. The van der Waals surface area contributed by atoms with Gasteiger partial charge in [0.2, 0.25) is 0 Å². The summed E-state index contributed by atoms with van der Waals surface area (Å²) < 4.78 is 1.58. The van der Waals surface area contributed by atoms with Gasteiger partial charge in [-0.05, 0) is 31.0 Å². The second-order valence-corrected chi connectivity index (χ2v) is 5.96. The van der Waals surface area contributed by atoms with E-state index in [0.29, 0.717) is 12.1 Å². The molecule has 0 saturated heterocycles. The molecule has 6 nitrogen and oxygen atoms in total. The van der Waals surface area contributed by atoms with E-state index in [9.17, 15) is 9.59 Å². The van der Waals surface area contributed by atoms with Gasteiger partial charge in [-0.2, -0.15) is 0 Å². The van der Waals surface area contributed by atoms with E-state index in [0.717, 1.165) is 11.3 Å². The summed E-state index contributed by atoms with van der Waals surface area (Å²) in [5.41, 5.74) is 2.07. The Morgan fingerprint density at radius 2 is 1.68 bits per heavy atom. The van der Waals surface area contributed by atoms with E-state index in [1.54, 1.807) is 11.5 Å². The van der Waals surface area contributed by atoms with E-state index in [4.69, 9.17) is 10.2 Å². The van der Waals surface area contributed by atoms with Gasteiger partial charge in [0, 0.05) is 18.8 Å². The van der Waals surface area contributed by atoms with Crippen molar-refractivity contribution in [3.8, 4) is 0 Å². The second kappa shape index (κ2) is 8.60. The molecule has 134 valence electrons. The molecule has 1 aromatic heterocycles. The van der Waals surface area contributed by atoms with Crippen LogP contribution in [-0.2, 0) is 6.54 Å². The third-order valence-electron chi connectivity index (χ3n) is 4.13. The van der Waals surface area contributed by atoms with Crippen LogP contribution in [0.5, 0.6) is 0 Å². The number of aromatic nitrogens is 1. The Bertz CT molecular complexity index is 778. The molecule has 1 amide bonds. The van der Waals surface area contributed by atoms with Gasteiger partial charge in [-0.25, -0.2) is 0 Å². The fourth-order valence-corrected chi connectivity index (χ4v) is 2.86. The number of benzene rings is 1. The molecule has 25 heavy (non-hydrogen) atoms. The van der Waals surface area contributed by atoms with E-state index < -0.39 is 5.91 Å². The molecule has 0 radical (unpaired) electrons. The van der Waals surface area contributed by atoms with Crippen molar-refractivity contribution >= 4 is 5.91 Å². The van der Waals surface area contributed by atoms with Crippen LogP contribution in [0.15, 0.2) is 41.2 Å². The van der Waals surface area contributed by atoms with Crippen LogP contribution in [0.4, 0.5) is 0 Å². The van der Waals surface area contributed by atoms with E-state index in [2.05, 4.69) is 0 Å². The van der Waals surface area contributed by atoms with E-state index in [1.165, 1.54) is 4.90 Å². The van der Waals surface area contributed by atoms with Gasteiger partial charge in [0.15, 0.2) is 0 Å². The maximum Gasteiger partial charge on any atom is 0.264 e. The summed E-state index contributed by atoms with van der Waals surface area (Å²) in [6, 6.07) is 11.4. The number of aliphatic hydroxyl groups excluding tert-OH is 2. The summed E-state index contributed by atoms with van der Waals surface area (Å²) in [6.45, 7) is 3.64. The van der Waals surface area contributed by atoms with Gasteiger partial charge in [-0.1, -0.05) is 30.3 Å². The zero-order valence-electron chi connectivity index (χ0n) is 14.6. The van der Waals surface area contributed by atoms with Crippen molar-refractivity contribution in [2.45, 2.75) is 20.4 Å². The van der Waals surface area contributed by atoms with Gasteiger partial charge < -0.3 is 19.7 Å². The monoisotopic (exact) mass is 344 g/mol. The largest absolute Gasteiger partial charge is 0.395 e. The lowest BCUT2D eigenvalue weighted by Crippen LogP contribution is -2.41. The molecule has 0 aliphatic rings. The lowest BCUT2D eigenvalue weighted by Gasteiger charge is -2.22. The summed E-state index contributed by atoms with van der Waals surface area (Å²) in [6.07, 6.45) is 0. The van der Waals surface area contributed by atoms with E-state index in [-0.39, 0.29) is 37.4 Å². The zero-order chi connectivity index (χ0) is 18.4. The second-order valence-electron chi connectivity index (χ2n) is 5.96. The highest BCUT2D eigenvalue weighted by molar-refractivity contribution is 5.95.